The van der Waals surface area contributed by atoms with Crippen LogP contribution in [0, 0.1) is 0 Å². The van der Waals surface area contributed by atoms with Crippen LogP contribution >= 0.6 is 0 Å². The summed E-state index contributed by atoms with van der Waals surface area (Å²) < 4.78 is 2.11. The van der Waals surface area contributed by atoms with Crippen LogP contribution in [0.15, 0.2) is 30.6 Å². The van der Waals surface area contributed by atoms with Crippen LogP contribution in [0.2, 0.25) is 0 Å². The van der Waals surface area contributed by atoms with E-state index in [0.29, 0.717) is 0 Å². The van der Waals surface area contributed by atoms with E-state index in [1.165, 1.54) is 10.9 Å². The van der Waals surface area contributed by atoms with Crippen molar-refractivity contribution >= 4 is 21.8 Å². The van der Waals surface area contributed by atoms with Crippen molar-refractivity contribution in [1.29, 1.82) is 0 Å². The maximum Gasteiger partial charge on any atom is 0.0893 e. The molecule has 13 heavy (non-hydrogen) atoms. The molecule has 0 fully saturated rings. The van der Waals surface area contributed by atoms with Crippen molar-refractivity contribution in [2.75, 3.05) is 0 Å². The molecule has 0 atom stereocenters. The molecule has 0 unspecified atom stereocenters. The van der Waals surface area contributed by atoms with Gasteiger partial charge in [-0.1, -0.05) is 12.1 Å². The van der Waals surface area contributed by atoms with E-state index in [-0.39, 0.29) is 0 Å². The van der Waals surface area contributed by atoms with Gasteiger partial charge in [0.05, 0.1) is 17.2 Å². The summed E-state index contributed by atoms with van der Waals surface area (Å²) in [6.07, 6.45) is 3.91. The molecule has 0 aliphatic carbocycles. The molecular formula is C10H9N3. The smallest absolute Gasteiger partial charge is 0.0893 e. The zero-order valence-corrected chi connectivity index (χ0v) is 7.28. The summed E-state index contributed by atoms with van der Waals surface area (Å²) in [5.41, 5.74) is 2.33. The molecule has 64 valence electrons. The minimum absolute atomic E-state index is 1.12. The number of hydrogen-bond donors (Lipinski definition) is 1. The molecule has 2 aromatic heterocycles. The lowest BCUT2D eigenvalue weighted by Crippen LogP contribution is -1.84. The van der Waals surface area contributed by atoms with E-state index in [1.54, 1.807) is 0 Å². The lowest BCUT2D eigenvalue weighted by atomic mass is 10.2. The molecule has 3 heteroatoms. The van der Waals surface area contributed by atoms with Crippen LogP contribution in [0.3, 0.4) is 0 Å². The first kappa shape index (κ1) is 6.71. The summed E-state index contributed by atoms with van der Waals surface area (Å²) in [7, 11) is 2.04. The summed E-state index contributed by atoms with van der Waals surface area (Å²) in [4.78, 5) is 0. The number of benzene rings is 1. The first-order valence-corrected chi connectivity index (χ1v) is 4.23. The molecule has 3 aromatic rings. The topological polar surface area (TPSA) is 33.6 Å². The van der Waals surface area contributed by atoms with Crippen LogP contribution in [-0.4, -0.2) is 14.8 Å². The van der Waals surface area contributed by atoms with E-state index in [1.807, 2.05) is 13.2 Å². The van der Waals surface area contributed by atoms with Crippen molar-refractivity contribution in [2.45, 2.75) is 0 Å². The lowest BCUT2D eigenvalue weighted by molar-refractivity contribution is 0.969. The second-order valence-corrected chi connectivity index (χ2v) is 3.26. The van der Waals surface area contributed by atoms with Crippen LogP contribution in [0.1, 0.15) is 0 Å². The van der Waals surface area contributed by atoms with Crippen molar-refractivity contribution in [3.8, 4) is 0 Å². The van der Waals surface area contributed by atoms with Crippen LogP contribution in [0.5, 0.6) is 0 Å². The summed E-state index contributed by atoms with van der Waals surface area (Å²) in [5, 5.41) is 9.46. The van der Waals surface area contributed by atoms with E-state index in [4.69, 9.17) is 0 Å². The molecule has 0 saturated heterocycles. The maximum absolute atomic E-state index is 4.03. The predicted molar refractivity (Wildman–Crippen MR) is 52.6 cm³/mol. The number of aryl methyl sites for hydroxylation is 1. The molecule has 0 spiro atoms. The molecule has 0 aliphatic rings. The van der Waals surface area contributed by atoms with Crippen molar-refractivity contribution in [1.82, 2.24) is 14.8 Å². The molecule has 0 amide bonds. The highest BCUT2D eigenvalue weighted by Gasteiger charge is 2.04. The third kappa shape index (κ3) is 0.758. The summed E-state index contributed by atoms with van der Waals surface area (Å²) in [6, 6.07) is 6.31. The number of nitrogens with zero attached hydrogens (tertiary/aromatic N) is 2. The van der Waals surface area contributed by atoms with Gasteiger partial charge in [-0.15, -0.1) is 0 Å². The average molecular weight is 171 g/mol. The molecule has 0 aliphatic heterocycles. The van der Waals surface area contributed by atoms with Gasteiger partial charge >= 0.3 is 0 Å². The van der Waals surface area contributed by atoms with Crippen LogP contribution in [0.25, 0.3) is 21.8 Å². The van der Waals surface area contributed by atoms with Crippen LogP contribution in [-0.2, 0) is 7.05 Å². The van der Waals surface area contributed by atoms with E-state index >= 15 is 0 Å². The summed E-state index contributed by atoms with van der Waals surface area (Å²) >= 11 is 0. The van der Waals surface area contributed by atoms with E-state index in [0.717, 1.165) is 10.9 Å². The van der Waals surface area contributed by atoms with E-state index < -0.39 is 0 Å². The molecular weight excluding hydrogens is 162 g/mol. The van der Waals surface area contributed by atoms with Crippen molar-refractivity contribution in [3.05, 3.63) is 30.6 Å². The minimum Gasteiger partial charge on any atom is -0.349 e. The first-order valence-electron chi connectivity index (χ1n) is 4.23. The van der Waals surface area contributed by atoms with Gasteiger partial charge in [0.1, 0.15) is 0 Å². The Kier molecular flexibility index (Phi) is 1.10. The number of rotatable bonds is 0. The molecule has 3 rings (SSSR count). The number of fused-ring (bicyclic) bond motifs is 3. The molecule has 1 N–H and O–H groups in total. The number of aromatic amines is 1. The van der Waals surface area contributed by atoms with Gasteiger partial charge in [-0.25, -0.2) is 0 Å². The number of aromatic nitrogens is 3. The van der Waals surface area contributed by atoms with Gasteiger partial charge in [0.15, 0.2) is 0 Å². The highest BCUT2D eigenvalue weighted by Crippen LogP contribution is 2.23. The van der Waals surface area contributed by atoms with Crippen LogP contribution in [0.4, 0.5) is 0 Å². The third-order valence-electron chi connectivity index (χ3n) is 2.45. The molecule has 0 saturated carbocycles. The lowest BCUT2D eigenvalue weighted by Gasteiger charge is -1.96. The van der Waals surface area contributed by atoms with Crippen molar-refractivity contribution < 1.29 is 0 Å². The van der Waals surface area contributed by atoms with Gasteiger partial charge in [0.2, 0.25) is 0 Å². The normalized spacial score (nSPS) is 11.5. The fourth-order valence-electron chi connectivity index (χ4n) is 1.80. The Balaban J connectivity index is 2.70. The fourth-order valence-corrected chi connectivity index (χ4v) is 1.80. The first-order chi connectivity index (χ1) is 6.36. The van der Waals surface area contributed by atoms with Crippen LogP contribution < -0.4 is 0 Å². The largest absolute Gasteiger partial charge is 0.349 e. The highest BCUT2D eigenvalue weighted by molar-refractivity contribution is 6.03. The molecule has 3 nitrogen and oxygen atoms in total. The zero-order valence-electron chi connectivity index (χ0n) is 7.28. The summed E-state index contributed by atoms with van der Waals surface area (Å²) in [6.45, 7) is 0. The van der Waals surface area contributed by atoms with Crippen molar-refractivity contribution in [3.63, 3.8) is 0 Å². The van der Waals surface area contributed by atoms with E-state index in [9.17, 15) is 0 Å². The number of nitrogens with one attached hydrogen (secondary N) is 1. The highest BCUT2D eigenvalue weighted by atomic mass is 15.1. The SMILES string of the molecule is Cn1ccc2ccc3cn[nH]c3c21. The Morgan fingerprint density at radius 3 is 3.00 bits per heavy atom. The van der Waals surface area contributed by atoms with Gasteiger partial charge in [-0.05, 0) is 6.07 Å². The molecule has 0 radical (unpaired) electrons. The van der Waals surface area contributed by atoms with Gasteiger partial charge in [0.25, 0.3) is 0 Å². The second-order valence-electron chi connectivity index (χ2n) is 3.26. The Morgan fingerprint density at radius 1 is 1.23 bits per heavy atom. The summed E-state index contributed by atoms with van der Waals surface area (Å²) in [5.74, 6) is 0. The number of H-pyrrole nitrogens is 1. The Bertz CT molecular complexity index is 574. The Hall–Kier alpha value is -1.77. The quantitative estimate of drug-likeness (QED) is 0.551. The van der Waals surface area contributed by atoms with E-state index in [2.05, 4.69) is 39.2 Å². The van der Waals surface area contributed by atoms with Gasteiger partial charge in [-0.2, -0.15) is 5.10 Å². The third-order valence-corrected chi connectivity index (χ3v) is 2.45. The second kappa shape index (κ2) is 2.13. The van der Waals surface area contributed by atoms with Crippen molar-refractivity contribution in [2.24, 2.45) is 7.05 Å². The molecule has 2 heterocycles. The average Bonchev–Trinajstić information content (AvgIpc) is 2.70. The maximum atomic E-state index is 4.03. The van der Waals surface area contributed by atoms with Gasteiger partial charge in [0, 0.05) is 24.0 Å². The standard InChI is InChI=1S/C10H9N3/c1-13-5-4-7-2-3-8-6-11-12-9(8)10(7)13/h2-6H,1H3,(H,11,12). The fraction of sp³-hybridized carbons (Fsp3) is 0.100. The Labute approximate surface area is 75.0 Å². The monoisotopic (exact) mass is 171 g/mol. The predicted octanol–water partition coefficient (Wildman–Crippen LogP) is 2.05. The number of hydrogen-bond acceptors (Lipinski definition) is 1. The Morgan fingerprint density at radius 2 is 2.08 bits per heavy atom. The van der Waals surface area contributed by atoms with Gasteiger partial charge < -0.3 is 4.57 Å². The minimum atomic E-state index is 1.12. The molecule has 0 bridgehead atoms. The zero-order chi connectivity index (χ0) is 8.84. The van der Waals surface area contributed by atoms with Gasteiger partial charge in [-0.3, -0.25) is 5.10 Å². The molecule has 1 aromatic carbocycles.